The minimum atomic E-state index is -0.457. The largest absolute Gasteiger partial charge is 0.369 e. The molecule has 0 aliphatic rings. The summed E-state index contributed by atoms with van der Waals surface area (Å²) in [5, 5.41) is 2.88. The molecule has 0 fully saturated rings. The zero-order valence-corrected chi connectivity index (χ0v) is 12.6. The molecule has 0 saturated heterocycles. The van der Waals surface area contributed by atoms with Crippen LogP contribution in [0.3, 0.4) is 0 Å². The van der Waals surface area contributed by atoms with Crippen LogP contribution >= 0.6 is 0 Å². The van der Waals surface area contributed by atoms with Gasteiger partial charge in [0, 0.05) is 11.3 Å². The van der Waals surface area contributed by atoms with Crippen LogP contribution < -0.4 is 11.1 Å². The van der Waals surface area contributed by atoms with Gasteiger partial charge in [-0.15, -0.1) is 0 Å². The van der Waals surface area contributed by atoms with Crippen molar-refractivity contribution < 1.29 is 9.59 Å². The molecular formula is C17H16N4O2. The highest BCUT2D eigenvalue weighted by atomic mass is 16.2. The molecule has 0 atom stereocenters. The van der Waals surface area contributed by atoms with Gasteiger partial charge in [-0.3, -0.25) is 9.59 Å². The van der Waals surface area contributed by atoms with Gasteiger partial charge in [0.1, 0.15) is 5.82 Å². The Kier molecular flexibility index (Phi) is 3.80. The summed E-state index contributed by atoms with van der Waals surface area (Å²) in [7, 11) is 0. The number of hydrogen-bond donors (Lipinski definition) is 3. The topological polar surface area (TPSA) is 101 Å². The van der Waals surface area contributed by atoms with Crippen LogP contribution in [0, 0.1) is 6.92 Å². The fourth-order valence-electron chi connectivity index (χ4n) is 2.36. The van der Waals surface area contributed by atoms with Gasteiger partial charge in [0.05, 0.1) is 17.5 Å². The number of para-hydroxylation sites is 1. The van der Waals surface area contributed by atoms with Gasteiger partial charge in [-0.05, 0) is 36.8 Å². The van der Waals surface area contributed by atoms with E-state index in [9.17, 15) is 9.59 Å². The number of aromatic amines is 1. The van der Waals surface area contributed by atoms with E-state index in [4.69, 9.17) is 5.73 Å². The van der Waals surface area contributed by atoms with Crippen molar-refractivity contribution in [1.82, 2.24) is 9.97 Å². The number of carbonyl (C=O) groups excluding carboxylic acids is 2. The molecule has 23 heavy (non-hydrogen) atoms. The van der Waals surface area contributed by atoms with Gasteiger partial charge in [-0.2, -0.15) is 0 Å². The summed E-state index contributed by atoms with van der Waals surface area (Å²) in [5.74, 6) is -0.169. The normalized spacial score (nSPS) is 10.7. The van der Waals surface area contributed by atoms with Crippen LogP contribution in [0.5, 0.6) is 0 Å². The highest BCUT2D eigenvalue weighted by molar-refractivity contribution is 6.06. The van der Waals surface area contributed by atoms with Crippen molar-refractivity contribution in [3.05, 3.63) is 59.4 Å². The number of H-pyrrole nitrogens is 1. The van der Waals surface area contributed by atoms with Crippen molar-refractivity contribution in [1.29, 1.82) is 0 Å². The molecule has 3 rings (SSSR count). The van der Waals surface area contributed by atoms with Crippen molar-refractivity contribution in [3.63, 3.8) is 0 Å². The maximum Gasteiger partial charge on any atom is 0.255 e. The molecule has 2 aromatic carbocycles. The van der Waals surface area contributed by atoms with E-state index in [0.717, 1.165) is 11.3 Å². The lowest BCUT2D eigenvalue weighted by molar-refractivity contribution is -0.117. The fraction of sp³-hybridized carbons (Fsp3) is 0.118. The summed E-state index contributed by atoms with van der Waals surface area (Å²) < 4.78 is 0. The van der Waals surface area contributed by atoms with Crippen LogP contribution in [0.25, 0.3) is 11.0 Å². The van der Waals surface area contributed by atoms with Gasteiger partial charge in [0.25, 0.3) is 5.91 Å². The molecular weight excluding hydrogens is 292 g/mol. The van der Waals surface area contributed by atoms with Gasteiger partial charge in [0.2, 0.25) is 5.91 Å². The van der Waals surface area contributed by atoms with Crippen molar-refractivity contribution >= 4 is 28.5 Å². The molecule has 0 saturated carbocycles. The van der Waals surface area contributed by atoms with Crippen molar-refractivity contribution in [2.45, 2.75) is 13.3 Å². The van der Waals surface area contributed by atoms with Gasteiger partial charge >= 0.3 is 0 Å². The third kappa shape index (κ3) is 3.21. The van der Waals surface area contributed by atoms with E-state index in [1.54, 1.807) is 18.2 Å². The highest BCUT2D eigenvalue weighted by Crippen LogP contribution is 2.17. The first-order valence-electron chi connectivity index (χ1n) is 7.17. The van der Waals surface area contributed by atoms with E-state index < -0.39 is 5.91 Å². The van der Waals surface area contributed by atoms with Crippen molar-refractivity contribution in [2.75, 3.05) is 5.32 Å². The number of rotatable bonds is 4. The number of primary amides is 1. The fourth-order valence-corrected chi connectivity index (χ4v) is 2.36. The monoisotopic (exact) mass is 308 g/mol. The van der Waals surface area contributed by atoms with E-state index in [0.29, 0.717) is 22.4 Å². The average Bonchev–Trinajstić information content (AvgIpc) is 2.89. The second-order valence-electron chi connectivity index (χ2n) is 5.33. The molecule has 6 heteroatoms. The van der Waals surface area contributed by atoms with Gasteiger partial charge < -0.3 is 16.0 Å². The molecule has 0 bridgehead atoms. The maximum absolute atomic E-state index is 12.4. The van der Waals surface area contributed by atoms with Crippen LogP contribution in [-0.4, -0.2) is 21.8 Å². The van der Waals surface area contributed by atoms with Crippen LogP contribution in [0.1, 0.15) is 21.7 Å². The molecule has 1 aromatic heterocycles. The Morgan fingerprint density at radius 2 is 2.00 bits per heavy atom. The third-order valence-electron chi connectivity index (χ3n) is 3.53. The lowest BCUT2D eigenvalue weighted by Gasteiger charge is -2.07. The Bertz CT molecular complexity index is 898. The first-order valence-corrected chi connectivity index (χ1v) is 7.17. The van der Waals surface area contributed by atoms with Crippen molar-refractivity contribution in [2.24, 2.45) is 5.73 Å². The van der Waals surface area contributed by atoms with Crippen LogP contribution in [-0.2, 0) is 11.2 Å². The zero-order valence-electron chi connectivity index (χ0n) is 12.6. The zero-order chi connectivity index (χ0) is 16.4. The number of amides is 2. The van der Waals surface area contributed by atoms with Crippen LogP contribution in [0.4, 0.5) is 5.69 Å². The first kappa shape index (κ1) is 14.8. The Labute approximate surface area is 132 Å². The number of imidazole rings is 1. The molecule has 0 unspecified atom stereocenters. The second-order valence-corrected chi connectivity index (χ2v) is 5.33. The standard InChI is InChI=1S/C17H16N4O2/c1-10-4-2-3-5-12(10)21-17(23)11-6-7-13-14(8-11)20-16(19-13)9-15(18)22/h2-8H,9H2,1H3,(H2,18,22)(H,19,20)(H,21,23). The van der Waals surface area contributed by atoms with E-state index in [1.165, 1.54) is 0 Å². The Morgan fingerprint density at radius 3 is 2.74 bits per heavy atom. The van der Waals surface area contributed by atoms with Crippen molar-refractivity contribution in [3.8, 4) is 0 Å². The number of nitrogens with two attached hydrogens (primary N) is 1. The maximum atomic E-state index is 12.4. The summed E-state index contributed by atoms with van der Waals surface area (Å²) >= 11 is 0. The first-order chi connectivity index (χ1) is 11.0. The number of benzene rings is 2. The number of aromatic nitrogens is 2. The number of aryl methyl sites for hydroxylation is 1. The molecule has 0 aliphatic carbocycles. The predicted molar refractivity (Wildman–Crippen MR) is 88.1 cm³/mol. The summed E-state index contributed by atoms with van der Waals surface area (Å²) in [6.45, 7) is 1.93. The van der Waals surface area contributed by atoms with Gasteiger partial charge in [-0.1, -0.05) is 18.2 Å². The number of nitrogens with one attached hydrogen (secondary N) is 2. The Hall–Kier alpha value is -3.15. The lowest BCUT2D eigenvalue weighted by Crippen LogP contribution is -2.14. The molecule has 0 aliphatic heterocycles. The molecule has 6 nitrogen and oxygen atoms in total. The predicted octanol–water partition coefficient (Wildman–Crippen LogP) is 2.15. The molecule has 1 heterocycles. The van der Waals surface area contributed by atoms with Crippen LogP contribution in [0.15, 0.2) is 42.5 Å². The second kappa shape index (κ2) is 5.92. The number of anilines is 1. The molecule has 2 amide bonds. The SMILES string of the molecule is Cc1ccccc1NC(=O)c1ccc2nc(CC(N)=O)[nH]c2c1. The number of nitrogens with zero attached hydrogens (tertiary/aromatic N) is 1. The van der Waals surface area contributed by atoms with Crippen LogP contribution in [0.2, 0.25) is 0 Å². The quantitative estimate of drug-likeness (QED) is 0.688. The third-order valence-corrected chi connectivity index (χ3v) is 3.53. The number of hydrogen-bond acceptors (Lipinski definition) is 3. The summed E-state index contributed by atoms with van der Waals surface area (Å²) in [5.41, 5.74) is 8.82. The summed E-state index contributed by atoms with van der Waals surface area (Å²) in [6.07, 6.45) is 0.0411. The smallest absolute Gasteiger partial charge is 0.255 e. The Balaban J connectivity index is 1.86. The van der Waals surface area contributed by atoms with Gasteiger partial charge in [-0.25, -0.2) is 4.98 Å². The van der Waals surface area contributed by atoms with E-state index in [1.807, 2.05) is 31.2 Å². The average molecular weight is 308 g/mol. The molecule has 0 spiro atoms. The Morgan fingerprint density at radius 1 is 1.22 bits per heavy atom. The minimum absolute atomic E-state index is 0.0411. The van der Waals surface area contributed by atoms with E-state index >= 15 is 0 Å². The molecule has 3 aromatic rings. The molecule has 4 N–H and O–H groups in total. The highest BCUT2D eigenvalue weighted by Gasteiger charge is 2.11. The van der Waals surface area contributed by atoms with Gasteiger partial charge in [0.15, 0.2) is 0 Å². The van der Waals surface area contributed by atoms with E-state index in [-0.39, 0.29) is 12.3 Å². The lowest BCUT2D eigenvalue weighted by atomic mass is 10.1. The molecule has 0 radical (unpaired) electrons. The summed E-state index contributed by atoms with van der Waals surface area (Å²) in [6, 6.07) is 12.7. The minimum Gasteiger partial charge on any atom is -0.369 e. The number of fused-ring (bicyclic) bond motifs is 1. The van der Waals surface area contributed by atoms with E-state index in [2.05, 4.69) is 15.3 Å². The number of carbonyl (C=O) groups is 2. The summed E-state index contributed by atoms with van der Waals surface area (Å²) in [4.78, 5) is 30.6. The molecule has 116 valence electrons.